The molecule has 2 aromatic carbocycles. The van der Waals surface area contributed by atoms with E-state index in [2.05, 4.69) is 20.3 Å². The number of ether oxygens (including phenoxy) is 2. The van der Waals surface area contributed by atoms with Crippen molar-refractivity contribution < 1.29 is 18.7 Å². The van der Waals surface area contributed by atoms with E-state index in [-0.39, 0.29) is 6.54 Å². The number of hydrogen-bond donors (Lipinski definition) is 1. The average Bonchev–Trinajstić information content (AvgIpc) is 3.35. The summed E-state index contributed by atoms with van der Waals surface area (Å²) in [6, 6.07) is 10.4. The van der Waals surface area contributed by atoms with Crippen LogP contribution in [0.5, 0.6) is 5.75 Å². The molecule has 1 aliphatic rings. The zero-order valence-electron chi connectivity index (χ0n) is 14.6. The first-order valence-electron chi connectivity index (χ1n) is 8.43. The predicted octanol–water partition coefficient (Wildman–Crippen LogP) is 2.86. The number of carbonyl (C=O) groups is 1. The second-order valence-corrected chi connectivity index (χ2v) is 6.06. The maximum atomic E-state index is 14.0. The lowest BCUT2D eigenvalue weighted by Gasteiger charge is -2.07. The summed E-state index contributed by atoms with van der Waals surface area (Å²) in [5.74, 6) is 0.480. The van der Waals surface area contributed by atoms with Crippen LogP contribution >= 0.6 is 0 Å². The van der Waals surface area contributed by atoms with Gasteiger partial charge in [0.15, 0.2) is 0 Å². The van der Waals surface area contributed by atoms with Gasteiger partial charge in [-0.15, -0.1) is 5.10 Å². The Labute approximate surface area is 154 Å². The molecule has 27 heavy (non-hydrogen) atoms. The zero-order valence-corrected chi connectivity index (χ0v) is 14.6. The lowest BCUT2D eigenvalue weighted by atomic mass is 10.1. The van der Waals surface area contributed by atoms with Crippen LogP contribution < -0.4 is 10.1 Å². The number of halogens is 1. The van der Waals surface area contributed by atoms with E-state index in [1.54, 1.807) is 18.3 Å². The number of amides is 1. The number of methoxy groups -OCH3 is 1. The summed E-state index contributed by atoms with van der Waals surface area (Å²) in [6.45, 7) is 0.708. The van der Waals surface area contributed by atoms with Crippen molar-refractivity contribution in [2.24, 2.45) is 0 Å². The fourth-order valence-corrected chi connectivity index (χ4v) is 2.93. The van der Waals surface area contributed by atoms with E-state index in [0.717, 1.165) is 23.4 Å². The number of alkyl carbamates (subject to hydrolysis) is 1. The van der Waals surface area contributed by atoms with Gasteiger partial charge in [0.05, 0.1) is 25.6 Å². The molecule has 1 N–H and O–H groups in total. The molecule has 0 unspecified atom stereocenters. The van der Waals surface area contributed by atoms with E-state index in [1.165, 1.54) is 18.0 Å². The van der Waals surface area contributed by atoms with E-state index in [0.29, 0.717) is 23.4 Å². The Hall–Kier alpha value is -3.42. The Morgan fingerprint density at radius 3 is 3.07 bits per heavy atom. The second kappa shape index (κ2) is 7.06. The summed E-state index contributed by atoms with van der Waals surface area (Å²) in [7, 11) is 1.26. The molecule has 2 heterocycles. The molecule has 0 radical (unpaired) electrons. The lowest BCUT2D eigenvalue weighted by Crippen LogP contribution is -2.22. The van der Waals surface area contributed by atoms with Gasteiger partial charge in [-0.2, -0.15) is 9.90 Å². The largest absolute Gasteiger partial charge is 0.493 e. The Balaban J connectivity index is 1.58. The summed E-state index contributed by atoms with van der Waals surface area (Å²) in [4.78, 5) is 12.7. The summed E-state index contributed by atoms with van der Waals surface area (Å²) >= 11 is 0. The number of aromatic nitrogens is 3. The van der Waals surface area contributed by atoms with Crippen molar-refractivity contribution in [1.82, 2.24) is 20.3 Å². The van der Waals surface area contributed by atoms with Crippen molar-refractivity contribution in [2.45, 2.75) is 13.0 Å². The molecular weight excluding hydrogens is 351 g/mol. The first kappa shape index (κ1) is 17.0. The van der Waals surface area contributed by atoms with Gasteiger partial charge >= 0.3 is 6.09 Å². The van der Waals surface area contributed by atoms with E-state index in [4.69, 9.17) is 4.74 Å². The monoisotopic (exact) mass is 368 g/mol. The number of fused-ring (bicyclic) bond motifs is 1. The van der Waals surface area contributed by atoms with Gasteiger partial charge in [-0.3, -0.25) is 0 Å². The molecule has 1 aromatic heterocycles. The van der Waals surface area contributed by atoms with Gasteiger partial charge in [-0.1, -0.05) is 0 Å². The first-order chi connectivity index (χ1) is 13.1. The smallest absolute Gasteiger partial charge is 0.407 e. The molecule has 0 spiro atoms. The highest BCUT2D eigenvalue weighted by Gasteiger charge is 2.14. The standard InChI is InChI=1S/C19H17FN4O3/c1-26-19(25)21-10-14-8-12(2-4-16(14)20)17-11-22-24(23-17)15-3-5-18-13(9-15)6-7-27-18/h2-5,8-9,11H,6-7,10H2,1H3,(H,21,25). The van der Waals surface area contributed by atoms with Crippen molar-refractivity contribution >= 4 is 6.09 Å². The molecule has 8 heteroatoms. The minimum absolute atomic E-state index is 0.0192. The third-order valence-corrected chi connectivity index (χ3v) is 4.35. The van der Waals surface area contributed by atoms with E-state index >= 15 is 0 Å². The van der Waals surface area contributed by atoms with Crippen molar-refractivity contribution in [3.8, 4) is 22.7 Å². The highest BCUT2D eigenvalue weighted by Crippen LogP contribution is 2.27. The summed E-state index contributed by atoms with van der Waals surface area (Å²) in [5.41, 5.74) is 3.60. The molecule has 0 saturated carbocycles. The second-order valence-electron chi connectivity index (χ2n) is 6.06. The Kier molecular flexibility index (Phi) is 4.45. The number of nitrogens with zero attached hydrogens (tertiary/aromatic N) is 3. The van der Waals surface area contributed by atoms with Crippen LogP contribution in [0, 0.1) is 5.82 Å². The van der Waals surface area contributed by atoms with Gasteiger partial charge in [-0.05, 0) is 42.0 Å². The SMILES string of the molecule is COC(=O)NCc1cc(-c2cnn(-c3ccc4c(c3)CCO4)n2)ccc1F. The van der Waals surface area contributed by atoms with Crippen LogP contribution in [0.25, 0.3) is 16.9 Å². The molecule has 0 bridgehead atoms. The Morgan fingerprint density at radius 1 is 1.33 bits per heavy atom. The van der Waals surface area contributed by atoms with Crippen LogP contribution in [0.2, 0.25) is 0 Å². The van der Waals surface area contributed by atoms with Gasteiger partial charge in [0.1, 0.15) is 17.3 Å². The van der Waals surface area contributed by atoms with Crippen molar-refractivity contribution in [2.75, 3.05) is 13.7 Å². The number of carbonyl (C=O) groups excluding carboxylic acids is 1. The van der Waals surface area contributed by atoms with Gasteiger partial charge in [0.2, 0.25) is 0 Å². The number of hydrogen-bond acceptors (Lipinski definition) is 5. The number of nitrogens with one attached hydrogen (secondary N) is 1. The van der Waals surface area contributed by atoms with Crippen molar-refractivity contribution in [3.63, 3.8) is 0 Å². The minimum Gasteiger partial charge on any atom is -0.493 e. The maximum Gasteiger partial charge on any atom is 0.407 e. The topological polar surface area (TPSA) is 78.3 Å². The van der Waals surface area contributed by atoms with Crippen molar-refractivity contribution in [1.29, 1.82) is 0 Å². The highest BCUT2D eigenvalue weighted by molar-refractivity contribution is 5.67. The van der Waals surface area contributed by atoms with Gasteiger partial charge in [0.25, 0.3) is 0 Å². The highest BCUT2D eigenvalue weighted by atomic mass is 19.1. The minimum atomic E-state index is -0.619. The lowest BCUT2D eigenvalue weighted by molar-refractivity contribution is 0.170. The number of rotatable bonds is 4. The first-order valence-corrected chi connectivity index (χ1v) is 8.43. The fraction of sp³-hybridized carbons (Fsp3) is 0.211. The average molecular weight is 368 g/mol. The Morgan fingerprint density at radius 2 is 2.22 bits per heavy atom. The fourth-order valence-electron chi connectivity index (χ4n) is 2.93. The van der Waals surface area contributed by atoms with Crippen LogP contribution in [-0.4, -0.2) is 34.8 Å². The normalized spacial score (nSPS) is 12.4. The molecular formula is C19H17FN4O3. The quantitative estimate of drug-likeness (QED) is 0.766. The molecule has 3 aromatic rings. The van der Waals surface area contributed by atoms with Crippen LogP contribution in [0.15, 0.2) is 42.6 Å². The third-order valence-electron chi connectivity index (χ3n) is 4.35. The van der Waals surface area contributed by atoms with Gasteiger partial charge in [-0.25, -0.2) is 9.18 Å². The molecule has 1 aliphatic heterocycles. The van der Waals surface area contributed by atoms with Crippen LogP contribution in [-0.2, 0) is 17.7 Å². The van der Waals surface area contributed by atoms with Gasteiger partial charge in [0, 0.05) is 24.1 Å². The van der Waals surface area contributed by atoms with E-state index in [1.807, 2.05) is 18.2 Å². The van der Waals surface area contributed by atoms with Gasteiger partial charge < -0.3 is 14.8 Å². The molecule has 138 valence electrons. The summed E-state index contributed by atoms with van der Waals surface area (Å²) in [5, 5.41) is 11.3. The van der Waals surface area contributed by atoms with Crippen LogP contribution in [0.4, 0.5) is 9.18 Å². The van der Waals surface area contributed by atoms with Crippen molar-refractivity contribution in [3.05, 3.63) is 59.5 Å². The molecule has 1 amide bonds. The molecule has 0 fully saturated rings. The zero-order chi connectivity index (χ0) is 18.8. The van der Waals surface area contributed by atoms with E-state index in [9.17, 15) is 9.18 Å². The third kappa shape index (κ3) is 3.46. The summed E-state index contributed by atoms with van der Waals surface area (Å²) in [6.07, 6.45) is 1.87. The predicted molar refractivity (Wildman–Crippen MR) is 95.2 cm³/mol. The summed E-state index contributed by atoms with van der Waals surface area (Å²) < 4.78 is 24.0. The Bertz CT molecular complexity index is 1000. The van der Waals surface area contributed by atoms with Crippen LogP contribution in [0.1, 0.15) is 11.1 Å². The molecule has 0 atom stereocenters. The van der Waals surface area contributed by atoms with E-state index < -0.39 is 11.9 Å². The molecule has 0 saturated heterocycles. The molecule has 7 nitrogen and oxygen atoms in total. The van der Waals surface area contributed by atoms with Crippen LogP contribution in [0.3, 0.4) is 0 Å². The number of benzene rings is 2. The maximum absolute atomic E-state index is 14.0. The molecule has 4 rings (SSSR count). The molecule has 0 aliphatic carbocycles.